The summed E-state index contributed by atoms with van der Waals surface area (Å²) in [6, 6.07) is 11.6. The second-order valence-corrected chi connectivity index (χ2v) is 7.60. The van der Waals surface area contributed by atoms with E-state index in [0.29, 0.717) is 16.5 Å². The van der Waals surface area contributed by atoms with Crippen LogP contribution in [0.4, 0.5) is 5.69 Å². The van der Waals surface area contributed by atoms with Crippen LogP contribution in [0.2, 0.25) is 5.02 Å². The zero-order chi connectivity index (χ0) is 23.3. The SMILES string of the molecule is COc1ccccc1C(=O)NN1C[C@@H](C(=O)OCC(=O)Nc2cc(Cl)ccc2C)CC1=O. The number of rotatable bonds is 7. The number of hydrogen-bond donors (Lipinski definition) is 2. The number of para-hydroxylation sites is 1. The molecule has 0 radical (unpaired) electrons. The number of hydrogen-bond acceptors (Lipinski definition) is 6. The van der Waals surface area contributed by atoms with E-state index in [9.17, 15) is 19.2 Å². The Balaban J connectivity index is 1.52. The van der Waals surface area contributed by atoms with Crippen LogP contribution in [0.3, 0.4) is 0 Å². The highest BCUT2D eigenvalue weighted by Crippen LogP contribution is 2.22. The molecule has 3 rings (SSSR count). The van der Waals surface area contributed by atoms with Gasteiger partial charge in [0.05, 0.1) is 25.1 Å². The van der Waals surface area contributed by atoms with E-state index in [4.69, 9.17) is 21.1 Å². The number of anilines is 1. The van der Waals surface area contributed by atoms with Gasteiger partial charge in [0.2, 0.25) is 5.91 Å². The molecule has 0 aromatic heterocycles. The number of amides is 3. The lowest BCUT2D eigenvalue weighted by Gasteiger charge is -2.18. The first-order valence-electron chi connectivity index (χ1n) is 9.75. The van der Waals surface area contributed by atoms with Gasteiger partial charge < -0.3 is 14.8 Å². The Morgan fingerprint density at radius 2 is 1.94 bits per heavy atom. The highest BCUT2D eigenvalue weighted by Gasteiger charge is 2.37. The average molecular weight is 460 g/mol. The first-order valence-corrected chi connectivity index (χ1v) is 10.1. The fourth-order valence-corrected chi connectivity index (χ4v) is 3.33. The smallest absolute Gasteiger partial charge is 0.311 e. The topological polar surface area (TPSA) is 114 Å². The molecule has 1 saturated heterocycles. The summed E-state index contributed by atoms with van der Waals surface area (Å²) in [7, 11) is 1.43. The van der Waals surface area contributed by atoms with Gasteiger partial charge in [-0.3, -0.25) is 29.6 Å². The van der Waals surface area contributed by atoms with Crippen LogP contribution in [-0.2, 0) is 19.1 Å². The van der Waals surface area contributed by atoms with Gasteiger partial charge in [-0.15, -0.1) is 0 Å². The van der Waals surface area contributed by atoms with Crippen LogP contribution >= 0.6 is 11.6 Å². The average Bonchev–Trinajstić information content (AvgIpc) is 3.14. The van der Waals surface area contributed by atoms with Gasteiger partial charge in [-0.1, -0.05) is 29.8 Å². The molecular weight excluding hydrogens is 438 g/mol. The summed E-state index contributed by atoms with van der Waals surface area (Å²) < 4.78 is 10.2. The highest BCUT2D eigenvalue weighted by molar-refractivity contribution is 6.31. The first kappa shape index (κ1) is 23.1. The van der Waals surface area contributed by atoms with Gasteiger partial charge in [0.15, 0.2) is 6.61 Å². The molecule has 0 unspecified atom stereocenters. The van der Waals surface area contributed by atoms with Crippen LogP contribution in [0.25, 0.3) is 0 Å². The number of halogens is 1. The van der Waals surface area contributed by atoms with Crippen LogP contribution in [-0.4, -0.2) is 49.0 Å². The third kappa shape index (κ3) is 5.55. The van der Waals surface area contributed by atoms with Crippen molar-refractivity contribution in [2.45, 2.75) is 13.3 Å². The summed E-state index contributed by atoms with van der Waals surface area (Å²) in [4.78, 5) is 49.2. The zero-order valence-electron chi connectivity index (χ0n) is 17.5. The number of carbonyl (C=O) groups excluding carboxylic acids is 4. The van der Waals surface area contributed by atoms with Crippen LogP contribution in [0.1, 0.15) is 22.3 Å². The van der Waals surface area contributed by atoms with Gasteiger partial charge in [-0.2, -0.15) is 0 Å². The maximum atomic E-state index is 12.5. The largest absolute Gasteiger partial charge is 0.496 e. The van der Waals surface area contributed by atoms with Crippen molar-refractivity contribution in [2.75, 3.05) is 25.6 Å². The quantitative estimate of drug-likeness (QED) is 0.614. The molecule has 0 bridgehead atoms. The van der Waals surface area contributed by atoms with E-state index in [1.165, 1.54) is 7.11 Å². The third-order valence-electron chi connectivity index (χ3n) is 4.87. The molecule has 1 aliphatic rings. The minimum Gasteiger partial charge on any atom is -0.496 e. The van der Waals surface area contributed by atoms with Crippen LogP contribution in [0.15, 0.2) is 42.5 Å². The molecule has 1 fully saturated rings. The van der Waals surface area contributed by atoms with Crippen molar-refractivity contribution in [3.63, 3.8) is 0 Å². The summed E-state index contributed by atoms with van der Waals surface area (Å²) in [5.74, 6) is -2.66. The second kappa shape index (κ2) is 10.1. The molecule has 0 aliphatic carbocycles. The Hall–Kier alpha value is -3.59. The van der Waals surface area contributed by atoms with E-state index in [0.717, 1.165) is 10.6 Å². The molecule has 0 spiro atoms. The van der Waals surface area contributed by atoms with E-state index in [1.54, 1.807) is 49.4 Å². The predicted octanol–water partition coefficient (Wildman–Crippen LogP) is 2.33. The highest BCUT2D eigenvalue weighted by atomic mass is 35.5. The molecule has 1 aliphatic heterocycles. The van der Waals surface area contributed by atoms with Crippen molar-refractivity contribution in [1.29, 1.82) is 0 Å². The van der Waals surface area contributed by atoms with Gasteiger partial charge >= 0.3 is 5.97 Å². The lowest BCUT2D eigenvalue weighted by Crippen LogP contribution is -2.43. The molecule has 2 N–H and O–H groups in total. The number of ether oxygens (including phenoxy) is 2. The maximum absolute atomic E-state index is 12.5. The number of esters is 1. The van der Waals surface area contributed by atoms with E-state index in [1.807, 2.05) is 0 Å². The normalized spacial score (nSPS) is 15.3. The molecule has 168 valence electrons. The standard InChI is InChI=1S/C22H22ClN3O6/c1-13-7-8-15(23)10-17(13)24-19(27)12-32-22(30)14-9-20(28)26(11-14)25-21(29)16-5-3-4-6-18(16)31-2/h3-8,10,14H,9,11-12H2,1-2H3,(H,24,27)(H,25,29)/t14-/m0/s1. The van der Waals surface area contributed by atoms with Gasteiger partial charge in [0, 0.05) is 17.1 Å². The summed E-state index contributed by atoms with van der Waals surface area (Å²) in [5.41, 5.74) is 4.05. The van der Waals surface area contributed by atoms with Gasteiger partial charge in [0.25, 0.3) is 11.8 Å². The van der Waals surface area contributed by atoms with Crippen molar-refractivity contribution in [3.8, 4) is 5.75 Å². The number of aryl methyl sites for hydroxylation is 1. The summed E-state index contributed by atoms with van der Waals surface area (Å²) in [6.45, 7) is 1.23. The Morgan fingerprint density at radius 3 is 2.69 bits per heavy atom. The number of nitrogens with zero attached hydrogens (tertiary/aromatic N) is 1. The fraction of sp³-hybridized carbons (Fsp3) is 0.273. The van der Waals surface area contributed by atoms with Gasteiger partial charge in [0.1, 0.15) is 5.75 Å². The van der Waals surface area contributed by atoms with Gasteiger partial charge in [-0.25, -0.2) is 0 Å². The molecule has 1 atom stereocenters. The lowest BCUT2D eigenvalue weighted by molar-refractivity contribution is -0.151. The molecule has 1 heterocycles. The maximum Gasteiger partial charge on any atom is 0.311 e. The van der Waals surface area contributed by atoms with Crippen molar-refractivity contribution in [1.82, 2.24) is 10.4 Å². The monoisotopic (exact) mass is 459 g/mol. The van der Waals surface area contributed by atoms with E-state index in [-0.39, 0.29) is 18.5 Å². The van der Waals surface area contributed by atoms with Crippen LogP contribution < -0.4 is 15.5 Å². The molecular formula is C22H22ClN3O6. The second-order valence-electron chi connectivity index (χ2n) is 7.16. The minimum absolute atomic E-state index is 0.0619. The Labute approximate surface area is 189 Å². The number of benzene rings is 2. The molecule has 32 heavy (non-hydrogen) atoms. The third-order valence-corrected chi connectivity index (χ3v) is 5.10. The summed E-state index contributed by atoms with van der Waals surface area (Å²) in [6.07, 6.45) is -0.139. The van der Waals surface area contributed by atoms with Crippen LogP contribution in [0.5, 0.6) is 5.75 Å². The van der Waals surface area contributed by atoms with Crippen molar-refractivity contribution in [2.24, 2.45) is 5.92 Å². The number of carbonyl (C=O) groups is 4. The van der Waals surface area contributed by atoms with Crippen molar-refractivity contribution >= 4 is 41.0 Å². The Kier molecular flexibility index (Phi) is 7.32. The number of methoxy groups -OCH3 is 1. The van der Waals surface area contributed by atoms with Crippen LogP contribution in [0, 0.1) is 12.8 Å². The molecule has 9 nitrogen and oxygen atoms in total. The summed E-state index contributed by atoms with van der Waals surface area (Å²) >= 11 is 5.92. The Bertz CT molecular complexity index is 1060. The minimum atomic E-state index is -0.804. The lowest BCUT2D eigenvalue weighted by atomic mass is 10.1. The molecule has 2 aromatic rings. The molecule has 3 amide bonds. The van der Waals surface area contributed by atoms with Gasteiger partial charge in [-0.05, 0) is 36.8 Å². The van der Waals surface area contributed by atoms with E-state index in [2.05, 4.69) is 10.7 Å². The number of nitrogens with one attached hydrogen (secondary N) is 2. The first-order chi connectivity index (χ1) is 15.3. The Morgan fingerprint density at radius 1 is 1.19 bits per heavy atom. The molecule has 10 heteroatoms. The predicted molar refractivity (Wildman–Crippen MR) is 116 cm³/mol. The molecule has 0 saturated carbocycles. The van der Waals surface area contributed by atoms with Crippen molar-refractivity contribution < 1.29 is 28.7 Å². The zero-order valence-corrected chi connectivity index (χ0v) is 18.3. The van der Waals surface area contributed by atoms with E-state index < -0.39 is 36.2 Å². The summed E-state index contributed by atoms with van der Waals surface area (Å²) in [5, 5.41) is 4.15. The number of hydrazine groups is 1. The molecule has 2 aromatic carbocycles. The fourth-order valence-electron chi connectivity index (χ4n) is 3.16. The van der Waals surface area contributed by atoms with E-state index >= 15 is 0 Å². The van der Waals surface area contributed by atoms with Crippen molar-refractivity contribution in [3.05, 3.63) is 58.6 Å².